The van der Waals surface area contributed by atoms with Crippen LogP contribution in [0.5, 0.6) is 0 Å². The van der Waals surface area contributed by atoms with Crippen molar-refractivity contribution in [3.63, 3.8) is 0 Å². The number of rotatable bonds is 3. The van der Waals surface area contributed by atoms with Crippen molar-refractivity contribution < 1.29 is 13.2 Å². The largest absolute Gasteiger partial charge is 0.248 e. The molecule has 0 fully saturated rings. The molecule has 0 aliphatic rings. The fraction of sp³-hybridized carbons (Fsp3) is 0. The van der Waals surface area contributed by atoms with Crippen LogP contribution in [0.3, 0.4) is 0 Å². The van der Waals surface area contributed by atoms with Crippen molar-refractivity contribution in [2.24, 2.45) is 0 Å². The van der Waals surface area contributed by atoms with Crippen LogP contribution in [-0.4, -0.2) is 4.98 Å². The lowest BCUT2D eigenvalue weighted by Gasteiger charge is -2.11. The van der Waals surface area contributed by atoms with Gasteiger partial charge in [-0.15, -0.1) is 0 Å². The summed E-state index contributed by atoms with van der Waals surface area (Å²) in [6.07, 6.45) is 0. The number of hydrogen-bond donors (Lipinski definition) is 0. The number of aromatic nitrogens is 1. The molecule has 0 bridgehead atoms. The number of halogens is 3. The van der Waals surface area contributed by atoms with Crippen molar-refractivity contribution in [1.29, 1.82) is 0 Å². The van der Waals surface area contributed by atoms with Crippen LogP contribution in [0.15, 0.2) is 84.9 Å². The zero-order valence-corrected chi connectivity index (χ0v) is 14.2. The summed E-state index contributed by atoms with van der Waals surface area (Å²) in [6, 6.07) is 21.9. The molecule has 27 heavy (non-hydrogen) atoms. The smallest absolute Gasteiger partial charge is 0.132 e. The van der Waals surface area contributed by atoms with E-state index in [-0.39, 0.29) is 11.1 Å². The molecule has 3 aromatic carbocycles. The zero-order chi connectivity index (χ0) is 18.8. The summed E-state index contributed by atoms with van der Waals surface area (Å²) in [5.74, 6) is -1.31. The Morgan fingerprint density at radius 2 is 0.852 bits per heavy atom. The minimum Gasteiger partial charge on any atom is -0.248 e. The molecule has 4 aromatic rings. The lowest BCUT2D eigenvalue weighted by atomic mass is 9.99. The van der Waals surface area contributed by atoms with E-state index in [1.165, 1.54) is 18.2 Å². The average molecular weight is 361 g/mol. The summed E-state index contributed by atoms with van der Waals surface area (Å²) in [4.78, 5) is 4.45. The number of hydrogen-bond acceptors (Lipinski definition) is 1. The Kier molecular flexibility index (Phi) is 4.47. The fourth-order valence-corrected chi connectivity index (χ4v) is 3.00. The monoisotopic (exact) mass is 361 g/mol. The maximum absolute atomic E-state index is 14.3. The number of nitrogens with zero attached hydrogens (tertiary/aromatic N) is 1. The molecule has 4 heteroatoms. The van der Waals surface area contributed by atoms with Crippen LogP contribution in [-0.2, 0) is 0 Å². The second-order valence-corrected chi connectivity index (χ2v) is 6.07. The molecule has 0 unspecified atom stereocenters. The highest BCUT2D eigenvalue weighted by atomic mass is 19.1. The van der Waals surface area contributed by atoms with Crippen LogP contribution in [0.2, 0.25) is 0 Å². The first-order valence-electron chi connectivity index (χ1n) is 8.40. The summed E-state index contributed by atoms with van der Waals surface area (Å²) in [5.41, 5.74) is 2.01. The van der Waals surface area contributed by atoms with Crippen LogP contribution >= 0.6 is 0 Å². The quantitative estimate of drug-likeness (QED) is 0.406. The first kappa shape index (κ1) is 17.0. The van der Waals surface area contributed by atoms with E-state index in [4.69, 9.17) is 0 Å². The highest BCUT2D eigenvalue weighted by molar-refractivity contribution is 5.77. The van der Waals surface area contributed by atoms with E-state index in [0.29, 0.717) is 22.5 Å². The van der Waals surface area contributed by atoms with Gasteiger partial charge in [0.1, 0.15) is 17.5 Å². The highest BCUT2D eigenvalue weighted by Crippen LogP contribution is 2.32. The van der Waals surface area contributed by atoms with E-state index in [1.807, 2.05) is 0 Å². The first-order chi connectivity index (χ1) is 13.1. The molecule has 0 radical (unpaired) electrons. The van der Waals surface area contributed by atoms with Crippen molar-refractivity contribution in [3.05, 3.63) is 102 Å². The highest BCUT2D eigenvalue weighted by Gasteiger charge is 2.14. The molecule has 1 aromatic heterocycles. The Morgan fingerprint density at radius 1 is 0.481 bits per heavy atom. The zero-order valence-electron chi connectivity index (χ0n) is 14.2. The Hall–Kier alpha value is -3.40. The Balaban J connectivity index is 1.99. The van der Waals surface area contributed by atoms with E-state index in [0.717, 1.165) is 0 Å². The van der Waals surface area contributed by atoms with Crippen molar-refractivity contribution in [2.45, 2.75) is 0 Å². The van der Waals surface area contributed by atoms with E-state index < -0.39 is 17.5 Å². The van der Waals surface area contributed by atoms with Gasteiger partial charge in [0, 0.05) is 16.7 Å². The molecule has 1 heterocycles. The predicted octanol–water partition coefficient (Wildman–Crippen LogP) is 6.50. The fourth-order valence-electron chi connectivity index (χ4n) is 3.00. The van der Waals surface area contributed by atoms with Gasteiger partial charge in [0.2, 0.25) is 0 Å². The van der Waals surface area contributed by atoms with Crippen LogP contribution in [0.4, 0.5) is 13.2 Å². The van der Waals surface area contributed by atoms with Crippen LogP contribution in [0, 0.1) is 17.5 Å². The predicted molar refractivity (Wildman–Crippen MR) is 100 cm³/mol. The van der Waals surface area contributed by atoms with Crippen LogP contribution in [0.1, 0.15) is 0 Å². The topological polar surface area (TPSA) is 12.9 Å². The second-order valence-electron chi connectivity index (χ2n) is 6.07. The van der Waals surface area contributed by atoms with E-state index in [2.05, 4.69) is 4.98 Å². The van der Waals surface area contributed by atoms with Gasteiger partial charge < -0.3 is 0 Å². The van der Waals surface area contributed by atoms with Gasteiger partial charge in [-0.2, -0.15) is 0 Å². The lowest BCUT2D eigenvalue weighted by molar-refractivity contribution is 0.630. The van der Waals surface area contributed by atoms with Gasteiger partial charge in [-0.05, 0) is 48.0 Å². The molecular weight excluding hydrogens is 347 g/mol. The Morgan fingerprint density at radius 3 is 1.26 bits per heavy atom. The third kappa shape index (κ3) is 3.34. The summed E-state index contributed by atoms with van der Waals surface area (Å²) >= 11 is 0. The van der Waals surface area contributed by atoms with Gasteiger partial charge in [0.05, 0.1) is 11.4 Å². The molecule has 0 saturated heterocycles. The number of pyridine rings is 1. The lowest BCUT2D eigenvalue weighted by Crippen LogP contribution is -1.95. The van der Waals surface area contributed by atoms with E-state index in [1.54, 1.807) is 66.7 Å². The molecule has 0 N–H and O–H groups in total. The van der Waals surface area contributed by atoms with Gasteiger partial charge in [-0.1, -0.05) is 42.5 Å². The van der Waals surface area contributed by atoms with Gasteiger partial charge in [0.15, 0.2) is 0 Å². The maximum Gasteiger partial charge on any atom is 0.132 e. The molecule has 1 nitrogen and oxygen atoms in total. The minimum absolute atomic E-state index is 0.272. The van der Waals surface area contributed by atoms with Crippen molar-refractivity contribution in [2.75, 3.05) is 0 Å². The molecular formula is C23H14F3N. The van der Waals surface area contributed by atoms with E-state index in [9.17, 15) is 13.2 Å². The number of benzene rings is 3. The minimum atomic E-state index is -0.449. The standard InChI is InChI=1S/C23H14F3N/c24-19-10-4-1-7-16(19)15-13-22(17-8-2-5-11-20(17)25)27-23(14-15)18-9-3-6-12-21(18)26/h1-14H. The summed E-state index contributed by atoms with van der Waals surface area (Å²) in [6.45, 7) is 0. The molecule has 0 aliphatic carbocycles. The average Bonchev–Trinajstić information content (AvgIpc) is 2.69. The van der Waals surface area contributed by atoms with Gasteiger partial charge in [-0.25, -0.2) is 18.2 Å². The van der Waals surface area contributed by atoms with Gasteiger partial charge in [-0.3, -0.25) is 0 Å². The molecule has 0 saturated carbocycles. The summed E-state index contributed by atoms with van der Waals surface area (Å²) in [5, 5.41) is 0. The van der Waals surface area contributed by atoms with Crippen molar-refractivity contribution >= 4 is 0 Å². The van der Waals surface area contributed by atoms with E-state index >= 15 is 0 Å². The van der Waals surface area contributed by atoms with Crippen LogP contribution < -0.4 is 0 Å². The Bertz CT molecular complexity index is 968. The molecule has 0 spiro atoms. The molecule has 0 amide bonds. The third-order valence-electron chi connectivity index (χ3n) is 4.31. The third-order valence-corrected chi connectivity index (χ3v) is 4.31. The van der Waals surface area contributed by atoms with Crippen molar-refractivity contribution in [1.82, 2.24) is 4.98 Å². The van der Waals surface area contributed by atoms with Crippen molar-refractivity contribution in [3.8, 4) is 33.6 Å². The SMILES string of the molecule is Fc1ccccc1-c1cc(-c2ccccc2F)nc(-c2ccccc2F)c1. The summed E-state index contributed by atoms with van der Waals surface area (Å²) < 4.78 is 43.0. The van der Waals surface area contributed by atoms with Gasteiger partial charge >= 0.3 is 0 Å². The maximum atomic E-state index is 14.3. The first-order valence-corrected chi connectivity index (χ1v) is 8.40. The molecule has 0 atom stereocenters. The Labute approximate surface area is 154 Å². The van der Waals surface area contributed by atoms with Gasteiger partial charge in [0.25, 0.3) is 0 Å². The molecule has 132 valence electrons. The summed E-state index contributed by atoms with van der Waals surface area (Å²) in [7, 11) is 0. The molecule has 4 rings (SSSR count). The normalized spacial score (nSPS) is 10.8. The van der Waals surface area contributed by atoms with Crippen LogP contribution in [0.25, 0.3) is 33.6 Å². The second kappa shape index (κ2) is 7.08. The molecule has 0 aliphatic heterocycles.